The molecule has 1 aliphatic rings. The van der Waals surface area contributed by atoms with Crippen molar-refractivity contribution in [1.29, 1.82) is 0 Å². The second-order valence-electron chi connectivity index (χ2n) is 7.53. The molecule has 0 aliphatic carbocycles. The van der Waals surface area contributed by atoms with Crippen molar-refractivity contribution in [3.8, 4) is 11.5 Å². The number of piperidine rings is 1. The molecule has 3 heterocycles. The van der Waals surface area contributed by atoms with Crippen LogP contribution in [0.3, 0.4) is 0 Å². The van der Waals surface area contributed by atoms with E-state index in [0.29, 0.717) is 5.82 Å². The van der Waals surface area contributed by atoms with Crippen LogP contribution in [0, 0.1) is 0 Å². The molecule has 0 spiro atoms. The Hall–Kier alpha value is -3.19. The van der Waals surface area contributed by atoms with Crippen LogP contribution in [0.5, 0.6) is 0 Å². The zero-order valence-electron chi connectivity index (χ0n) is 16.6. The normalized spacial score (nSPS) is 14.2. The Morgan fingerprint density at radius 3 is 2.60 bits per heavy atom. The van der Waals surface area contributed by atoms with Crippen LogP contribution in [0.4, 0.5) is 11.4 Å². The number of anilines is 2. The highest BCUT2D eigenvalue weighted by Crippen LogP contribution is 2.25. The Morgan fingerprint density at radius 1 is 1.03 bits per heavy atom. The van der Waals surface area contributed by atoms with Gasteiger partial charge in [-0.1, -0.05) is 12.1 Å². The van der Waals surface area contributed by atoms with Crippen LogP contribution in [0.15, 0.2) is 59.4 Å². The molecular formula is C23H23N5OS. The largest absolute Gasteiger partial charge is 0.372 e. The number of imidazole rings is 1. The first-order chi connectivity index (χ1) is 14.8. The van der Waals surface area contributed by atoms with Crippen LogP contribution in [-0.4, -0.2) is 33.5 Å². The number of benzene rings is 2. The third kappa shape index (κ3) is 3.80. The summed E-state index contributed by atoms with van der Waals surface area (Å²) in [4.78, 5) is 24.3. The Bertz CT molecular complexity index is 1140. The molecule has 0 saturated carbocycles. The zero-order chi connectivity index (χ0) is 20.3. The fourth-order valence-corrected chi connectivity index (χ4v) is 4.54. The van der Waals surface area contributed by atoms with Gasteiger partial charge < -0.3 is 14.8 Å². The summed E-state index contributed by atoms with van der Waals surface area (Å²) < 4.78 is 1.93. The molecule has 7 heteroatoms. The number of rotatable bonds is 5. The number of hydrogen-bond donors (Lipinski definition) is 1. The molecule has 4 aromatic rings. The van der Waals surface area contributed by atoms with E-state index in [2.05, 4.69) is 27.3 Å². The first-order valence-electron chi connectivity index (χ1n) is 10.3. The second kappa shape index (κ2) is 8.28. The number of thiazole rings is 1. The molecular weight excluding hydrogens is 394 g/mol. The van der Waals surface area contributed by atoms with E-state index in [-0.39, 0.29) is 12.5 Å². The number of para-hydroxylation sites is 2. The number of hydrogen-bond acceptors (Lipinski definition) is 5. The van der Waals surface area contributed by atoms with Gasteiger partial charge in [0.15, 0.2) is 5.82 Å². The number of carbonyl (C=O) groups excluding carboxylic acids is 1. The molecule has 0 bridgehead atoms. The fraction of sp³-hybridized carbons (Fsp3) is 0.261. The number of amides is 1. The van der Waals surface area contributed by atoms with Gasteiger partial charge in [0.1, 0.15) is 12.2 Å². The Morgan fingerprint density at radius 2 is 1.83 bits per heavy atom. The number of carbonyl (C=O) groups is 1. The highest BCUT2D eigenvalue weighted by atomic mass is 32.1. The first-order valence-corrected chi connectivity index (χ1v) is 11.2. The zero-order valence-corrected chi connectivity index (χ0v) is 17.4. The van der Waals surface area contributed by atoms with Gasteiger partial charge in [-0.25, -0.2) is 9.97 Å². The molecule has 1 N–H and O–H groups in total. The van der Waals surface area contributed by atoms with E-state index >= 15 is 0 Å². The number of aromatic nitrogens is 3. The van der Waals surface area contributed by atoms with Crippen molar-refractivity contribution in [3.63, 3.8) is 0 Å². The van der Waals surface area contributed by atoms with Gasteiger partial charge in [0.25, 0.3) is 0 Å². The maximum atomic E-state index is 12.8. The quantitative estimate of drug-likeness (QED) is 0.507. The third-order valence-electron chi connectivity index (χ3n) is 5.49. The Balaban J connectivity index is 1.34. The summed E-state index contributed by atoms with van der Waals surface area (Å²) in [5.74, 6) is 0.633. The molecule has 0 atom stereocenters. The smallest absolute Gasteiger partial charge is 0.244 e. The maximum Gasteiger partial charge on any atom is 0.244 e. The van der Waals surface area contributed by atoms with Gasteiger partial charge in [0.05, 0.1) is 16.5 Å². The van der Waals surface area contributed by atoms with Gasteiger partial charge in [-0.05, 0) is 55.7 Å². The van der Waals surface area contributed by atoms with Crippen molar-refractivity contribution >= 4 is 39.7 Å². The van der Waals surface area contributed by atoms with E-state index in [4.69, 9.17) is 4.98 Å². The van der Waals surface area contributed by atoms with Gasteiger partial charge in [0.2, 0.25) is 5.91 Å². The minimum absolute atomic E-state index is 0.0830. The van der Waals surface area contributed by atoms with Crippen LogP contribution >= 0.6 is 11.3 Å². The summed E-state index contributed by atoms with van der Waals surface area (Å²) in [6.07, 6.45) is 3.81. The van der Waals surface area contributed by atoms with Gasteiger partial charge >= 0.3 is 0 Å². The van der Waals surface area contributed by atoms with Crippen molar-refractivity contribution in [2.75, 3.05) is 23.3 Å². The molecule has 1 aliphatic heterocycles. The SMILES string of the molecule is O=C(Cn1c(-c2cscn2)nc2ccccc21)Nc1ccc(N2CCCCC2)cc1. The van der Waals surface area contributed by atoms with Crippen LogP contribution in [0.1, 0.15) is 19.3 Å². The average molecular weight is 418 g/mol. The van der Waals surface area contributed by atoms with Gasteiger partial charge in [0, 0.05) is 29.8 Å². The lowest BCUT2D eigenvalue weighted by Gasteiger charge is -2.28. The highest BCUT2D eigenvalue weighted by Gasteiger charge is 2.17. The van der Waals surface area contributed by atoms with E-state index in [1.54, 1.807) is 5.51 Å². The van der Waals surface area contributed by atoms with E-state index in [1.165, 1.54) is 36.3 Å². The summed E-state index contributed by atoms with van der Waals surface area (Å²) >= 11 is 1.52. The molecule has 0 unspecified atom stereocenters. The Kier molecular flexibility index (Phi) is 5.19. The third-order valence-corrected chi connectivity index (χ3v) is 6.08. The van der Waals surface area contributed by atoms with Crippen molar-refractivity contribution in [2.45, 2.75) is 25.8 Å². The van der Waals surface area contributed by atoms with Crippen molar-refractivity contribution in [2.24, 2.45) is 0 Å². The van der Waals surface area contributed by atoms with Crippen molar-refractivity contribution in [1.82, 2.24) is 14.5 Å². The summed E-state index contributed by atoms with van der Waals surface area (Å²) in [6.45, 7) is 2.40. The number of fused-ring (bicyclic) bond motifs is 1. The Labute approximate surface area is 179 Å². The topological polar surface area (TPSA) is 63.1 Å². The average Bonchev–Trinajstić information content (AvgIpc) is 3.43. The highest BCUT2D eigenvalue weighted by molar-refractivity contribution is 7.07. The number of nitrogens with one attached hydrogen (secondary N) is 1. The molecule has 1 amide bonds. The van der Waals surface area contributed by atoms with E-state index in [1.807, 2.05) is 46.3 Å². The minimum atomic E-state index is -0.0830. The van der Waals surface area contributed by atoms with E-state index in [0.717, 1.165) is 35.5 Å². The fourth-order valence-electron chi connectivity index (χ4n) is 4.01. The molecule has 30 heavy (non-hydrogen) atoms. The molecule has 2 aromatic heterocycles. The van der Waals surface area contributed by atoms with Crippen LogP contribution in [0.25, 0.3) is 22.6 Å². The van der Waals surface area contributed by atoms with Crippen LogP contribution in [-0.2, 0) is 11.3 Å². The lowest BCUT2D eigenvalue weighted by Crippen LogP contribution is -2.29. The standard InChI is InChI=1S/C23H23N5OS/c29-22(25-17-8-10-18(11-9-17)27-12-4-1-5-13-27)14-28-21-7-3-2-6-19(21)26-23(28)20-15-30-16-24-20/h2-3,6-11,15-16H,1,4-5,12-14H2,(H,25,29). The molecule has 1 saturated heterocycles. The summed E-state index contributed by atoms with van der Waals surface area (Å²) in [6, 6.07) is 16.0. The summed E-state index contributed by atoms with van der Waals surface area (Å²) in [5.41, 5.74) is 6.38. The minimum Gasteiger partial charge on any atom is -0.372 e. The van der Waals surface area contributed by atoms with Crippen LogP contribution in [0.2, 0.25) is 0 Å². The number of nitrogens with zero attached hydrogens (tertiary/aromatic N) is 4. The van der Waals surface area contributed by atoms with Gasteiger partial charge in [-0.3, -0.25) is 4.79 Å². The van der Waals surface area contributed by atoms with Gasteiger partial charge in [-0.2, -0.15) is 0 Å². The first kappa shape index (κ1) is 18.8. The van der Waals surface area contributed by atoms with Gasteiger partial charge in [-0.15, -0.1) is 11.3 Å². The van der Waals surface area contributed by atoms with Crippen molar-refractivity contribution < 1.29 is 4.79 Å². The molecule has 5 rings (SSSR count). The predicted octanol–water partition coefficient (Wildman–Crippen LogP) is 4.79. The monoisotopic (exact) mass is 417 g/mol. The molecule has 0 radical (unpaired) electrons. The lowest BCUT2D eigenvalue weighted by molar-refractivity contribution is -0.116. The predicted molar refractivity (Wildman–Crippen MR) is 122 cm³/mol. The van der Waals surface area contributed by atoms with E-state index in [9.17, 15) is 4.79 Å². The molecule has 2 aromatic carbocycles. The second-order valence-corrected chi connectivity index (χ2v) is 8.25. The van der Waals surface area contributed by atoms with Crippen molar-refractivity contribution in [3.05, 3.63) is 59.4 Å². The molecule has 1 fully saturated rings. The summed E-state index contributed by atoms with van der Waals surface area (Å²) in [7, 11) is 0. The molecule has 6 nitrogen and oxygen atoms in total. The van der Waals surface area contributed by atoms with Crippen LogP contribution < -0.4 is 10.2 Å². The lowest BCUT2D eigenvalue weighted by atomic mass is 10.1. The molecule has 152 valence electrons. The van der Waals surface area contributed by atoms with E-state index < -0.39 is 0 Å². The summed E-state index contributed by atoms with van der Waals surface area (Å²) in [5, 5.41) is 4.98. The maximum absolute atomic E-state index is 12.8.